The van der Waals surface area contributed by atoms with Gasteiger partial charge in [0.1, 0.15) is 10.6 Å². The number of amides is 1. The van der Waals surface area contributed by atoms with Crippen molar-refractivity contribution in [3.05, 3.63) is 77.6 Å². The third-order valence-electron chi connectivity index (χ3n) is 5.08. The molecule has 0 spiro atoms. The van der Waals surface area contributed by atoms with Crippen molar-refractivity contribution in [2.24, 2.45) is 0 Å². The molecule has 0 bridgehead atoms. The maximum atomic E-state index is 13.1. The van der Waals surface area contributed by atoms with Crippen LogP contribution < -0.4 is 14.4 Å². The van der Waals surface area contributed by atoms with Crippen molar-refractivity contribution in [2.75, 3.05) is 22.8 Å². The number of hydrogen-bond acceptors (Lipinski definition) is 5. The smallest absolute Gasteiger partial charge is 0.265 e. The van der Waals surface area contributed by atoms with Crippen molar-refractivity contribution < 1.29 is 17.9 Å². The number of anilines is 2. The van der Waals surface area contributed by atoms with Crippen LogP contribution in [0.4, 0.5) is 11.4 Å². The fraction of sp³-hybridized carbons (Fsp3) is 0.217. The monoisotopic (exact) mass is 437 g/mol. The van der Waals surface area contributed by atoms with Crippen LogP contribution in [0.1, 0.15) is 28.4 Å². The molecule has 0 fully saturated rings. The summed E-state index contributed by atoms with van der Waals surface area (Å²) in [4.78, 5) is 18.7. The fourth-order valence-corrected chi connectivity index (χ4v) is 4.89. The van der Waals surface area contributed by atoms with Gasteiger partial charge >= 0.3 is 0 Å². The Morgan fingerprint density at radius 3 is 2.77 bits per heavy atom. The number of nitrogens with zero attached hydrogens (tertiary/aromatic N) is 2. The molecule has 1 aliphatic rings. The van der Waals surface area contributed by atoms with Gasteiger partial charge in [-0.3, -0.25) is 14.5 Å². The predicted octanol–water partition coefficient (Wildman–Crippen LogP) is 3.79. The number of rotatable bonds is 6. The van der Waals surface area contributed by atoms with E-state index in [1.165, 1.54) is 6.20 Å². The minimum absolute atomic E-state index is 0.0816. The van der Waals surface area contributed by atoms with Crippen LogP contribution in [0.2, 0.25) is 0 Å². The molecule has 2 aromatic carbocycles. The molecule has 31 heavy (non-hydrogen) atoms. The third kappa shape index (κ3) is 4.25. The first-order chi connectivity index (χ1) is 14.9. The molecule has 7 nitrogen and oxygen atoms in total. The van der Waals surface area contributed by atoms with Crippen LogP contribution in [0.5, 0.6) is 5.75 Å². The summed E-state index contributed by atoms with van der Waals surface area (Å²) in [6.07, 6.45) is 3.85. The van der Waals surface area contributed by atoms with E-state index in [0.717, 1.165) is 11.1 Å². The van der Waals surface area contributed by atoms with Gasteiger partial charge in [0.05, 0.1) is 17.9 Å². The molecule has 0 saturated heterocycles. The van der Waals surface area contributed by atoms with Crippen molar-refractivity contribution in [3.63, 3.8) is 0 Å². The summed E-state index contributed by atoms with van der Waals surface area (Å²) in [5.74, 6) is 0.138. The van der Waals surface area contributed by atoms with E-state index in [4.69, 9.17) is 4.74 Å². The van der Waals surface area contributed by atoms with Crippen molar-refractivity contribution in [1.82, 2.24) is 4.98 Å². The number of hydrogen-bond donors (Lipinski definition) is 1. The minimum Gasteiger partial charge on any atom is -0.492 e. The highest BCUT2D eigenvalue weighted by Gasteiger charge is 2.27. The number of nitrogens with one attached hydrogen (secondary N) is 1. The molecule has 0 unspecified atom stereocenters. The maximum Gasteiger partial charge on any atom is 0.265 e. The Morgan fingerprint density at radius 1 is 1.19 bits per heavy atom. The van der Waals surface area contributed by atoms with E-state index in [2.05, 4.69) is 9.71 Å². The number of carbonyl (C=O) groups is 1. The number of ether oxygens (including phenoxy) is 1. The summed E-state index contributed by atoms with van der Waals surface area (Å²) in [7, 11) is -3.88. The number of benzene rings is 2. The Balaban J connectivity index is 1.64. The SMILES string of the molecule is CCOc1ccc(C)cc1S(=O)(=O)Nc1ccc2c(c1)N(C(=O)c1cccnc1)CC2. The van der Waals surface area contributed by atoms with E-state index in [1.807, 2.05) is 13.0 Å². The average Bonchev–Trinajstić information content (AvgIpc) is 3.18. The molecule has 8 heteroatoms. The molecule has 1 aliphatic heterocycles. The Morgan fingerprint density at radius 2 is 2.03 bits per heavy atom. The van der Waals surface area contributed by atoms with E-state index in [-0.39, 0.29) is 10.8 Å². The standard InChI is InChI=1S/C23H23N3O4S/c1-3-30-21-9-6-16(2)13-22(21)31(28,29)25-19-8-7-17-10-12-26(20(17)14-19)23(27)18-5-4-11-24-15-18/h4-9,11,13-15,25H,3,10,12H2,1-2H3. The molecular weight excluding hydrogens is 414 g/mol. The van der Waals surface area contributed by atoms with Crippen LogP contribution >= 0.6 is 0 Å². The number of fused-ring (bicyclic) bond motifs is 1. The molecule has 3 aromatic rings. The molecule has 0 radical (unpaired) electrons. The van der Waals surface area contributed by atoms with E-state index >= 15 is 0 Å². The van der Waals surface area contributed by atoms with Crippen LogP contribution in [0.15, 0.2) is 65.8 Å². The number of pyridine rings is 1. The van der Waals surface area contributed by atoms with Crippen molar-refractivity contribution >= 4 is 27.3 Å². The molecule has 160 valence electrons. The van der Waals surface area contributed by atoms with E-state index in [1.54, 1.807) is 60.5 Å². The van der Waals surface area contributed by atoms with Gasteiger partial charge in [-0.1, -0.05) is 12.1 Å². The quantitative estimate of drug-likeness (QED) is 0.634. The Bertz CT molecular complexity index is 1230. The van der Waals surface area contributed by atoms with Gasteiger partial charge in [-0.25, -0.2) is 8.42 Å². The van der Waals surface area contributed by atoms with E-state index in [0.29, 0.717) is 42.3 Å². The minimum atomic E-state index is -3.88. The van der Waals surface area contributed by atoms with Crippen LogP contribution in [0.3, 0.4) is 0 Å². The summed E-state index contributed by atoms with van der Waals surface area (Å²) in [5, 5.41) is 0. The summed E-state index contributed by atoms with van der Waals surface area (Å²) < 4.78 is 34.4. The average molecular weight is 438 g/mol. The molecule has 0 atom stereocenters. The molecular formula is C23H23N3O4S. The first-order valence-corrected chi connectivity index (χ1v) is 11.5. The van der Waals surface area contributed by atoms with Crippen LogP contribution in [0, 0.1) is 6.92 Å². The molecule has 1 aromatic heterocycles. The lowest BCUT2D eigenvalue weighted by atomic mass is 10.1. The molecule has 4 rings (SSSR count). The highest BCUT2D eigenvalue weighted by molar-refractivity contribution is 7.92. The third-order valence-corrected chi connectivity index (χ3v) is 6.48. The molecule has 0 saturated carbocycles. The zero-order valence-electron chi connectivity index (χ0n) is 17.3. The van der Waals surface area contributed by atoms with Gasteiger partial charge in [0.15, 0.2) is 0 Å². The summed E-state index contributed by atoms with van der Waals surface area (Å²) >= 11 is 0. The van der Waals surface area contributed by atoms with Gasteiger partial charge in [-0.05, 0) is 67.8 Å². The zero-order chi connectivity index (χ0) is 22.0. The Kier molecular flexibility index (Phi) is 5.65. The highest BCUT2D eigenvalue weighted by Crippen LogP contribution is 2.34. The predicted molar refractivity (Wildman–Crippen MR) is 119 cm³/mol. The molecule has 0 aliphatic carbocycles. The summed E-state index contributed by atoms with van der Waals surface area (Å²) in [6.45, 7) is 4.52. The lowest BCUT2D eigenvalue weighted by molar-refractivity contribution is 0.0989. The van der Waals surface area contributed by atoms with Gasteiger partial charge in [0, 0.05) is 24.6 Å². The van der Waals surface area contributed by atoms with Gasteiger partial charge in [-0.2, -0.15) is 0 Å². The largest absolute Gasteiger partial charge is 0.492 e. The summed E-state index contributed by atoms with van der Waals surface area (Å²) in [5.41, 5.74) is 3.37. The van der Waals surface area contributed by atoms with Gasteiger partial charge in [-0.15, -0.1) is 0 Å². The summed E-state index contributed by atoms with van der Waals surface area (Å²) in [6, 6.07) is 13.7. The Labute approximate surface area is 181 Å². The number of aryl methyl sites for hydroxylation is 1. The van der Waals surface area contributed by atoms with Crippen molar-refractivity contribution in [1.29, 1.82) is 0 Å². The van der Waals surface area contributed by atoms with Crippen LogP contribution in [-0.4, -0.2) is 32.5 Å². The molecule has 1 amide bonds. The zero-order valence-corrected chi connectivity index (χ0v) is 18.1. The maximum absolute atomic E-state index is 13.1. The van der Waals surface area contributed by atoms with E-state index in [9.17, 15) is 13.2 Å². The highest BCUT2D eigenvalue weighted by atomic mass is 32.2. The number of aromatic nitrogens is 1. The van der Waals surface area contributed by atoms with E-state index < -0.39 is 10.0 Å². The van der Waals surface area contributed by atoms with Crippen molar-refractivity contribution in [3.8, 4) is 5.75 Å². The van der Waals surface area contributed by atoms with Gasteiger partial charge in [0.25, 0.3) is 15.9 Å². The van der Waals surface area contributed by atoms with Crippen molar-refractivity contribution in [2.45, 2.75) is 25.2 Å². The number of sulfonamides is 1. The second-order valence-corrected chi connectivity index (χ2v) is 8.93. The second-order valence-electron chi connectivity index (χ2n) is 7.28. The second kappa shape index (κ2) is 8.39. The van der Waals surface area contributed by atoms with Crippen LogP contribution in [0.25, 0.3) is 0 Å². The lowest BCUT2D eigenvalue weighted by Crippen LogP contribution is -2.29. The first kappa shape index (κ1) is 20.9. The number of carbonyl (C=O) groups excluding carboxylic acids is 1. The topological polar surface area (TPSA) is 88.6 Å². The van der Waals surface area contributed by atoms with Crippen LogP contribution in [-0.2, 0) is 16.4 Å². The molecule has 2 heterocycles. The Hall–Kier alpha value is -3.39. The first-order valence-electron chi connectivity index (χ1n) is 10.00. The van der Waals surface area contributed by atoms with Gasteiger partial charge in [0.2, 0.25) is 0 Å². The lowest BCUT2D eigenvalue weighted by Gasteiger charge is -2.18. The fourth-order valence-electron chi connectivity index (χ4n) is 3.61. The molecule has 1 N–H and O–H groups in total. The van der Waals surface area contributed by atoms with Gasteiger partial charge < -0.3 is 9.64 Å². The normalized spacial score (nSPS) is 13.0.